The molecule has 0 spiro atoms. The van der Waals surface area contributed by atoms with Crippen LogP contribution in [0.1, 0.15) is 11.1 Å². The number of hydrogen-bond donors (Lipinski definition) is 1. The Morgan fingerprint density at radius 2 is 1.59 bits per heavy atom. The zero-order valence-corrected chi connectivity index (χ0v) is 13.3. The van der Waals surface area contributed by atoms with Crippen LogP contribution in [-0.2, 0) is 27.5 Å². The second-order valence-electron chi connectivity index (χ2n) is 4.86. The number of carboxylic acids is 1. The van der Waals surface area contributed by atoms with Gasteiger partial charge in [-0.2, -0.15) is 0 Å². The molecule has 6 heteroatoms. The van der Waals surface area contributed by atoms with Gasteiger partial charge in [-0.15, -0.1) is 0 Å². The molecule has 2 aromatic rings. The fourth-order valence-corrected chi connectivity index (χ4v) is 3.54. The lowest BCUT2D eigenvalue weighted by Crippen LogP contribution is -2.11. The van der Waals surface area contributed by atoms with Crippen molar-refractivity contribution < 1.29 is 18.3 Å². The number of carbonyl (C=O) groups is 1. The predicted molar refractivity (Wildman–Crippen MR) is 85.0 cm³/mol. The molecule has 0 aliphatic heterocycles. The summed E-state index contributed by atoms with van der Waals surface area (Å²) in [4.78, 5) is 11.1. The van der Waals surface area contributed by atoms with Gasteiger partial charge in [-0.3, -0.25) is 4.79 Å². The number of aryl methyl sites for hydroxylation is 1. The lowest BCUT2D eigenvalue weighted by atomic mass is 10.0. The summed E-state index contributed by atoms with van der Waals surface area (Å²) in [5.41, 5.74) is 1.38. The van der Waals surface area contributed by atoms with Crippen molar-refractivity contribution >= 4 is 27.4 Å². The first-order valence-electron chi connectivity index (χ1n) is 6.65. The second kappa shape index (κ2) is 6.94. The van der Waals surface area contributed by atoms with E-state index >= 15 is 0 Å². The fraction of sp³-hybridized carbons (Fsp3) is 0.188. The van der Waals surface area contributed by atoms with Gasteiger partial charge in [-0.05, 0) is 41.8 Å². The smallest absolute Gasteiger partial charge is 0.307 e. The Bertz CT molecular complexity index is 767. The van der Waals surface area contributed by atoms with E-state index in [4.69, 9.17) is 16.7 Å². The average molecular weight is 339 g/mol. The average Bonchev–Trinajstić information content (AvgIpc) is 2.46. The second-order valence-corrected chi connectivity index (χ2v) is 7.41. The van der Waals surface area contributed by atoms with Gasteiger partial charge < -0.3 is 5.11 Å². The van der Waals surface area contributed by atoms with Crippen LogP contribution >= 0.6 is 11.6 Å². The molecule has 4 nitrogen and oxygen atoms in total. The first-order chi connectivity index (χ1) is 10.4. The van der Waals surface area contributed by atoms with E-state index in [0.717, 1.165) is 5.56 Å². The van der Waals surface area contributed by atoms with Gasteiger partial charge in [-0.25, -0.2) is 8.42 Å². The predicted octanol–water partition coefficient (Wildman–Crippen LogP) is 2.98. The molecule has 0 bridgehead atoms. The molecule has 0 fully saturated rings. The summed E-state index contributed by atoms with van der Waals surface area (Å²) < 4.78 is 24.6. The Balaban J connectivity index is 2.15. The molecule has 0 unspecified atom stereocenters. The van der Waals surface area contributed by atoms with E-state index in [0.29, 0.717) is 10.6 Å². The lowest BCUT2D eigenvalue weighted by Gasteiger charge is -2.08. The van der Waals surface area contributed by atoms with Crippen LogP contribution in [0.15, 0.2) is 53.4 Å². The van der Waals surface area contributed by atoms with E-state index in [1.807, 2.05) is 0 Å². The number of sulfone groups is 1. The molecular formula is C16H15ClO4S. The van der Waals surface area contributed by atoms with Crippen molar-refractivity contribution in [2.24, 2.45) is 0 Å². The van der Waals surface area contributed by atoms with Gasteiger partial charge in [-0.1, -0.05) is 35.9 Å². The largest absolute Gasteiger partial charge is 0.481 e. The standard InChI is InChI=1S/C16H15ClO4S/c17-14-5-7-15(8-6-14)22(20,21)10-9-12-3-1-2-4-13(12)11-16(18)19/h1-8H,9-11H2,(H,18,19). The minimum atomic E-state index is -3.43. The summed E-state index contributed by atoms with van der Waals surface area (Å²) >= 11 is 5.75. The minimum absolute atomic E-state index is 0.0781. The number of aliphatic carboxylic acids is 1. The van der Waals surface area contributed by atoms with Crippen molar-refractivity contribution in [3.8, 4) is 0 Å². The first kappa shape index (κ1) is 16.5. The highest BCUT2D eigenvalue weighted by atomic mass is 35.5. The van der Waals surface area contributed by atoms with Gasteiger partial charge in [0, 0.05) is 5.02 Å². The van der Waals surface area contributed by atoms with Crippen LogP contribution < -0.4 is 0 Å². The Hall–Kier alpha value is -1.85. The summed E-state index contributed by atoms with van der Waals surface area (Å²) in [6.07, 6.45) is 0.158. The molecule has 0 heterocycles. The first-order valence-corrected chi connectivity index (χ1v) is 8.68. The van der Waals surface area contributed by atoms with Gasteiger partial charge in [0.05, 0.1) is 17.1 Å². The summed E-state index contributed by atoms with van der Waals surface area (Å²) in [7, 11) is -3.43. The van der Waals surface area contributed by atoms with Gasteiger partial charge in [0.25, 0.3) is 0 Å². The molecule has 0 atom stereocenters. The molecule has 0 aliphatic carbocycles. The highest BCUT2D eigenvalue weighted by Crippen LogP contribution is 2.18. The maximum absolute atomic E-state index is 12.3. The third-order valence-corrected chi connectivity index (χ3v) is 5.26. The molecule has 1 N–H and O–H groups in total. The van der Waals surface area contributed by atoms with Gasteiger partial charge in [0.15, 0.2) is 9.84 Å². The Morgan fingerprint density at radius 1 is 1.00 bits per heavy atom. The Kier molecular flexibility index (Phi) is 5.21. The summed E-state index contributed by atoms with van der Waals surface area (Å²) in [6.45, 7) is 0. The quantitative estimate of drug-likeness (QED) is 0.879. The van der Waals surface area contributed by atoms with Crippen LogP contribution in [0.4, 0.5) is 0 Å². The van der Waals surface area contributed by atoms with Crippen molar-refractivity contribution in [3.63, 3.8) is 0 Å². The molecule has 0 aromatic heterocycles. The van der Waals surface area contributed by atoms with E-state index in [-0.39, 0.29) is 23.5 Å². The maximum atomic E-state index is 12.3. The summed E-state index contributed by atoms with van der Waals surface area (Å²) in [5, 5.41) is 9.37. The molecule has 0 radical (unpaired) electrons. The molecular weight excluding hydrogens is 324 g/mol. The summed E-state index contributed by atoms with van der Waals surface area (Å²) in [6, 6.07) is 13.0. The molecule has 22 heavy (non-hydrogen) atoms. The Morgan fingerprint density at radius 3 is 2.18 bits per heavy atom. The van der Waals surface area contributed by atoms with Crippen molar-refractivity contribution in [3.05, 3.63) is 64.7 Å². The van der Waals surface area contributed by atoms with Gasteiger partial charge in [0.1, 0.15) is 0 Å². The number of benzene rings is 2. The molecule has 2 aromatic carbocycles. The monoisotopic (exact) mass is 338 g/mol. The number of carboxylic acid groups (broad SMARTS) is 1. The van der Waals surface area contributed by atoms with Crippen molar-refractivity contribution in [2.75, 3.05) is 5.75 Å². The van der Waals surface area contributed by atoms with E-state index in [2.05, 4.69) is 0 Å². The van der Waals surface area contributed by atoms with E-state index in [1.54, 1.807) is 24.3 Å². The van der Waals surface area contributed by atoms with Crippen LogP contribution in [-0.4, -0.2) is 25.2 Å². The number of halogens is 1. The third kappa shape index (κ3) is 4.32. The highest BCUT2D eigenvalue weighted by Gasteiger charge is 2.16. The van der Waals surface area contributed by atoms with Gasteiger partial charge >= 0.3 is 5.97 Å². The number of rotatable bonds is 6. The summed E-state index contributed by atoms with van der Waals surface area (Å²) in [5.74, 6) is -1.02. The number of hydrogen-bond acceptors (Lipinski definition) is 3. The van der Waals surface area contributed by atoms with Crippen molar-refractivity contribution in [1.29, 1.82) is 0 Å². The van der Waals surface area contributed by atoms with E-state index in [9.17, 15) is 13.2 Å². The van der Waals surface area contributed by atoms with Crippen molar-refractivity contribution in [2.45, 2.75) is 17.7 Å². The van der Waals surface area contributed by atoms with Crippen LogP contribution in [0, 0.1) is 0 Å². The van der Waals surface area contributed by atoms with E-state index in [1.165, 1.54) is 24.3 Å². The fourth-order valence-electron chi connectivity index (χ4n) is 2.14. The van der Waals surface area contributed by atoms with Gasteiger partial charge in [0.2, 0.25) is 0 Å². The van der Waals surface area contributed by atoms with E-state index < -0.39 is 15.8 Å². The molecule has 0 amide bonds. The van der Waals surface area contributed by atoms with Crippen LogP contribution in [0.3, 0.4) is 0 Å². The molecule has 0 saturated carbocycles. The van der Waals surface area contributed by atoms with Crippen molar-refractivity contribution in [1.82, 2.24) is 0 Å². The molecule has 2 rings (SSSR count). The Labute approximate surface area is 134 Å². The molecule has 0 aliphatic rings. The zero-order chi connectivity index (χ0) is 16.2. The van der Waals surface area contributed by atoms with Crippen LogP contribution in [0.5, 0.6) is 0 Å². The van der Waals surface area contributed by atoms with Crippen LogP contribution in [0.2, 0.25) is 5.02 Å². The molecule has 0 saturated heterocycles. The minimum Gasteiger partial charge on any atom is -0.481 e. The third-order valence-electron chi connectivity index (χ3n) is 3.27. The maximum Gasteiger partial charge on any atom is 0.307 e. The normalized spacial score (nSPS) is 11.3. The van der Waals surface area contributed by atoms with Crippen LogP contribution in [0.25, 0.3) is 0 Å². The molecule has 116 valence electrons. The zero-order valence-electron chi connectivity index (χ0n) is 11.7. The lowest BCUT2D eigenvalue weighted by molar-refractivity contribution is -0.136. The highest BCUT2D eigenvalue weighted by molar-refractivity contribution is 7.91. The topological polar surface area (TPSA) is 71.4 Å². The SMILES string of the molecule is O=C(O)Cc1ccccc1CCS(=O)(=O)c1ccc(Cl)cc1.